The Hall–Kier alpha value is 0.0634. The van der Waals surface area contributed by atoms with E-state index in [9.17, 15) is 4.39 Å². The fraction of sp³-hybridized carbons (Fsp3) is 0. The fourth-order valence-corrected chi connectivity index (χ4v) is 0.979. The van der Waals surface area contributed by atoms with Crippen LogP contribution in [0.5, 0.6) is 0 Å². The van der Waals surface area contributed by atoms with Gasteiger partial charge in [-0.3, -0.25) is 0 Å². The van der Waals surface area contributed by atoms with Gasteiger partial charge in [0.2, 0.25) is 0 Å². The Balaban J connectivity index is 0.000000640. The molecule has 0 aliphatic heterocycles. The Morgan fingerprint density at radius 1 is 1.11 bits per heavy atom. The van der Waals surface area contributed by atoms with Crippen LogP contribution in [0.1, 0.15) is 0 Å². The molecular weight excluding hydrogens is 192 g/mol. The molecule has 0 aromatic heterocycles. The van der Waals surface area contributed by atoms with E-state index in [1.165, 1.54) is 16.3 Å². The molecule has 0 unspecified atom stereocenters. The van der Waals surface area contributed by atoms with Crippen molar-refractivity contribution >= 4 is 4.16 Å². The molecule has 0 saturated heterocycles. The van der Waals surface area contributed by atoms with Gasteiger partial charge in [0.15, 0.2) is 0 Å². The van der Waals surface area contributed by atoms with Gasteiger partial charge < -0.3 is 12.4 Å². The Morgan fingerprint density at radius 3 is 1.89 bits per heavy atom. The van der Waals surface area contributed by atoms with E-state index in [2.05, 4.69) is 0 Å². The zero-order chi connectivity index (χ0) is 5.98. The van der Waals surface area contributed by atoms with E-state index in [0.29, 0.717) is 0 Å². The molecule has 0 aliphatic carbocycles. The van der Waals surface area contributed by atoms with Gasteiger partial charge in [-0.15, -0.1) is 0 Å². The van der Waals surface area contributed by atoms with E-state index in [1.807, 2.05) is 0 Å². The van der Waals surface area contributed by atoms with Crippen LogP contribution in [0.3, 0.4) is 0 Å². The molecule has 44 valence electrons. The van der Waals surface area contributed by atoms with E-state index in [-0.39, 0.29) is 18.2 Å². The van der Waals surface area contributed by atoms with E-state index >= 15 is 0 Å². The average Bonchev–Trinajstić information content (AvgIpc) is 1.77. The van der Waals surface area contributed by atoms with Gasteiger partial charge in [0.25, 0.3) is 0 Å². The molecule has 0 amide bonds. The van der Waals surface area contributed by atoms with Gasteiger partial charge >= 0.3 is 56.9 Å². The maximum Gasteiger partial charge on any atom is -1.00 e. The molecule has 1 aromatic carbocycles. The molecule has 0 bridgehead atoms. The minimum Gasteiger partial charge on any atom is -1.00 e. The minimum absolute atomic E-state index is 0. The first-order valence-corrected chi connectivity index (χ1v) is 3.85. The quantitative estimate of drug-likeness (QED) is 0.421. The molecule has 0 saturated carbocycles. The first-order chi connectivity index (χ1) is 3.79. The van der Waals surface area contributed by atoms with Crippen molar-refractivity contribution < 1.29 is 35.1 Å². The molecular formula is C6H4ClFZn. The summed E-state index contributed by atoms with van der Waals surface area (Å²) in [6, 6.07) is 6.57. The van der Waals surface area contributed by atoms with Crippen molar-refractivity contribution in [1.29, 1.82) is 0 Å². The molecule has 0 nitrogen and oxygen atoms in total. The fourth-order valence-electron chi connectivity index (χ4n) is 0.484. The zero-order valence-electron chi connectivity index (χ0n) is 4.77. The van der Waals surface area contributed by atoms with Crippen molar-refractivity contribution in [1.82, 2.24) is 0 Å². The van der Waals surface area contributed by atoms with E-state index in [1.54, 1.807) is 12.1 Å². The summed E-state index contributed by atoms with van der Waals surface area (Å²) >= 11 is 1.10. The first-order valence-electron chi connectivity index (χ1n) is 2.36. The Morgan fingerprint density at radius 2 is 1.56 bits per heavy atom. The van der Waals surface area contributed by atoms with Crippen LogP contribution in [0.15, 0.2) is 24.3 Å². The number of hydrogen-bond donors (Lipinski definition) is 0. The second-order valence-corrected chi connectivity index (χ2v) is 3.34. The molecule has 0 spiro atoms. The van der Waals surface area contributed by atoms with Gasteiger partial charge in [0.05, 0.1) is 0 Å². The van der Waals surface area contributed by atoms with Crippen LogP contribution in [0.4, 0.5) is 4.39 Å². The van der Waals surface area contributed by atoms with E-state index < -0.39 is 0 Å². The predicted molar refractivity (Wildman–Crippen MR) is 26.0 cm³/mol. The molecule has 0 radical (unpaired) electrons. The second-order valence-electron chi connectivity index (χ2n) is 1.63. The number of rotatable bonds is 0. The van der Waals surface area contributed by atoms with Crippen molar-refractivity contribution in [2.24, 2.45) is 0 Å². The molecule has 3 heteroatoms. The van der Waals surface area contributed by atoms with Crippen molar-refractivity contribution in [3.05, 3.63) is 30.1 Å². The van der Waals surface area contributed by atoms with Crippen LogP contribution in [-0.4, -0.2) is 0 Å². The van der Waals surface area contributed by atoms with Crippen molar-refractivity contribution in [2.75, 3.05) is 0 Å². The molecule has 0 atom stereocenters. The van der Waals surface area contributed by atoms with Gasteiger partial charge in [-0.25, -0.2) is 0 Å². The third-order valence-electron chi connectivity index (χ3n) is 0.913. The van der Waals surface area contributed by atoms with Gasteiger partial charge in [0, 0.05) is 0 Å². The van der Waals surface area contributed by atoms with E-state index in [0.717, 1.165) is 18.3 Å². The minimum atomic E-state index is -0.151. The van der Waals surface area contributed by atoms with Gasteiger partial charge in [-0.1, -0.05) is 0 Å². The molecule has 0 aliphatic rings. The summed E-state index contributed by atoms with van der Waals surface area (Å²) in [4.78, 5) is 0. The van der Waals surface area contributed by atoms with Crippen molar-refractivity contribution in [3.8, 4) is 0 Å². The largest absolute Gasteiger partial charge is 1.00 e. The monoisotopic (exact) mass is 194 g/mol. The number of benzene rings is 1. The third kappa shape index (κ3) is 2.93. The Labute approximate surface area is 69.5 Å². The third-order valence-corrected chi connectivity index (χ3v) is 1.90. The smallest absolute Gasteiger partial charge is 1.00 e. The number of halogens is 2. The van der Waals surface area contributed by atoms with Crippen LogP contribution in [-0.2, 0) is 18.3 Å². The summed E-state index contributed by atoms with van der Waals surface area (Å²) in [5.74, 6) is -0.151. The van der Waals surface area contributed by atoms with Crippen LogP contribution in [0, 0.1) is 5.82 Å². The maximum absolute atomic E-state index is 12.1. The predicted octanol–water partition coefficient (Wildman–Crippen LogP) is -2.00. The summed E-state index contributed by atoms with van der Waals surface area (Å²) in [6.45, 7) is 0. The SMILES string of the molecule is Fc1cc[c]([Zn+])cc1.[Cl-]. The molecule has 0 fully saturated rings. The van der Waals surface area contributed by atoms with Crippen LogP contribution >= 0.6 is 0 Å². The number of hydrogen-bond acceptors (Lipinski definition) is 0. The molecule has 1 aromatic rings. The zero-order valence-corrected chi connectivity index (χ0v) is 8.50. The van der Waals surface area contributed by atoms with Gasteiger partial charge in [-0.05, 0) is 0 Å². The van der Waals surface area contributed by atoms with E-state index in [4.69, 9.17) is 0 Å². The van der Waals surface area contributed by atoms with Crippen molar-refractivity contribution in [3.63, 3.8) is 0 Å². The maximum atomic E-state index is 12.1. The summed E-state index contributed by atoms with van der Waals surface area (Å²) in [5.41, 5.74) is 0. The van der Waals surface area contributed by atoms with Crippen LogP contribution in [0.2, 0.25) is 0 Å². The van der Waals surface area contributed by atoms with Crippen LogP contribution in [0.25, 0.3) is 0 Å². The average molecular weight is 196 g/mol. The second kappa shape index (κ2) is 3.97. The molecule has 9 heavy (non-hydrogen) atoms. The summed E-state index contributed by atoms with van der Waals surface area (Å²) < 4.78 is 13.3. The standard InChI is InChI=1S/C6H4F.ClH.Zn/c7-6-4-2-1-3-5-6;;/h2-5H;1H;/q;;+1/p-1. The summed E-state index contributed by atoms with van der Waals surface area (Å²) in [5, 5.41) is 0. The van der Waals surface area contributed by atoms with Crippen LogP contribution < -0.4 is 16.6 Å². The summed E-state index contributed by atoms with van der Waals surface area (Å²) in [6.07, 6.45) is 0. The molecule has 0 heterocycles. The Kier molecular flexibility index (Phi) is 4.00. The van der Waals surface area contributed by atoms with Gasteiger partial charge in [0.1, 0.15) is 0 Å². The molecule has 1 rings (SSSR count). The normalized spacial score (nSPS) is 8.33. The van der Waals surface area contributed by atoms with Gasteiger partial charge in [-0.2, -0.15) is 0 Å². The Bertz CT molecular complexity index is 152. The topological polar surface area (TPSA) is 0 Å². The summed E-state index contributed by atoms with van der Waals surface area (Å²) in [7, 11) is 0. The first kappa shape index (κ1) is 9.06. The van der Waals surface area contributed by atoms with Crippen molar-refractivity contribution in [2.45, 2.75) is 0 Å². The molecule has 0 N–H and O–H groups in total.